The van der Waals surface area contributed by atoms with Gasteiger partial charge in [0.05, 0.1) is 19.8 Å². The van der Waals surface area contributed by atoms with Gasteiger partial charge >= 0.3 is 0 Å². The average Bonchev–Trinajstić information content (AvgIpc) is 2.89. The molecule has 118 valence electrons. The van der Waals surface area contributed by atoms with Crippen molar-refractivity contribution >= 4 is 11.6 Å². The second-order valence-electron chi connectivity index (χ2n) is 4.80. The first-order valence-corrected chi connectivity index (χ1v) is 7.05. The molecule has 1 aromatic heterocycles. The summed E-state index contributed by atoms with van der Waals surface area (Å²) in [6, 6.07) is 7.35. The lowest BCUT2D eigenvalue weighted by atomic mass is 10.2. The summed E-state index contributed by atoms with van der Waals surface area (Å²) >= 11 is 0. The molecular weight excluding hydrogens is 284 g/mol. The van der Waals surface area contributed by atoms with E-state index in [4.69, 9.17) is 9.84 Å². The molecule has 1 heterocycles. The molecule has 0 saturated carbocycles. The number of hydrogen-bond donors (Lipinski definition) is 2. The highest BCUT2D eigenvalue weighted by atomic mass is 16.5. The van der Waals surface area contributed by atoms with Crippen LogP contribution in [0.2, 0.25) is 0 Å². The topological polar surface area (TPSA) is 89.3 Å². The summed E-state index contributed by atoms with van der Waals surface area (Å²) in [5.74, 6) is 1.25. The Kier molecular flexibility index (Phi) is 5.62. The van der Waals surface area contributed by atoms with E-state index in [-0.39, 0.29) is 12.5 Å². The van der Waals surface area contributed by atoms with Gasteiger partial charge in [-0.2, -0.15) is 5.10 Å². The number of aliphatic hydroxyl groups is 1. The van der Waals surface area contributed by atoms with Crippen LogP contribution in [-0.4, -0.2) is 46.1 Å². The van der Waals surface area contributed by atoms with Gasteiger partial charge in [0.15, 0.2) is 11.6 Å². The van der Waals surface area contributed by atoms with E-state index >= 15 is 0 Å². The number of hydrogen-bond acceptors (Lipinski definition) is 5. The van der Waals surface area contributed by atoms with Crippen molar-refractivity contribution in [3.05, 3.63) is 30.1 Å². The van der Waals surface area contributed by atoms with Crippen molar-refractivity contribution in [1.82, 2.24) is 14.8 Å². The van der Waals surface area contributed by atoms with Gasteiger partial charge in [-0.25, -0.2) is 9.67 Å². The first-order valence-electron chi connectivity index (χ1n) is 7.05. The second kappa shape index (κ2) is 7.67. The van der Waals surface area contributed by atoms with E-state index in [1.807, 2.05) is 24.3 Å². The molecule has 0 radical (unpaired) electrons. The molecule has 0 aliphatic heterocycles. The largest absolute Gasteiger partial charge is 0.394 e. The zero-order chi connectivity index (χ0) is 15.9. The highest BCUT2D eigenvalue weighted by molar-refractivity contribution is 5.88. The number of nitrogens with one attached hydrogen (secondary N) is 1. The van der Waals surface area contributed by atoms with E-state index < -0.39 is 0 Å². The van der Waals surface area contributed by atoms with Gasteiger partial charge in [0.1, 0.15) is 0 Å². The summed E-state index contributed by atoms with van der Waals surface area (Å²) in [4.78, 5) is 15.5. The Balaban J connectivity index is 2.25. The van der Waals surface area contributed by atoms with E-state index in [9.17, 15) is 4.79 Å². The molecule has 2 rings (SSSR count). The number of aromatic nitrogens is 3. The third-order valence-electron chi connectivity index (χ3n) is 3.02. The minimum atomic E-state index is -0.113. The van der Waals surface area contributed by atoms with Gasteiger partial charge in [0.25, 0.3) is 0 Å². The smallest absolute Gasteiger partial charge is 0.221 e. The zero-order valence-corrected chi connectivity index (χ0v) is 12.7. The third kappa shape index (κ3) is 4.12. The quantitative estimate of drug-likeness (QED) is 0.799. The molecule has 1 amide bonds. The Morgan fingerprint density at radius 3 is 2.68 bits per heavy atom. The van der Waals surface area contributed by atoms with Crippen LogP contribution in [0.4, 0.5) is 5.69 Å². The number of methoxy groups -OCH3 is 1. The van der Waals surface area contributed by atoms with Crippen LogP contribution in [0.1, 0.15) is 12.7 Å². The van der Waals surface area contributed by atoms with Crippen LogP contribution in [0.25, 0.3) is 11.4 Å². The summed E-state index contributed by atoms with van der Waals surface area (Å²) in [5.41, 5.74) is 1.60. The molecule has 0 saturated heterocycles. The molecule has 0 bridgehead atoms. The van der Waals surface area contributed by atoms with Gasteiger partial charge in [0, 0.05) is 31.7 Å². The molecule has 22 heavy (non-hydrogen) atoms. The van der Waals surface area contributed by atoms with Crippen molar-refractivity contribution in [2.45, 2.75) is 19.9 Å². The molecular formula is C15H20N4O3. The van der Waals surface area contributed by atoms with Gasteiger partial charge in [-0.1, -0.05) is 0 Å². The summed E-state index contributed by atoms with van der Waals surface area (Å²) in [7, 11) is 1.63. The maximum Gasteiger partial charge on any atom is 0.221 e. The molecule has 0 fully saturated rings. The lowest BCUT2D eigenvalue weighted by Crippen LogP contribution is -2.07. The Bertz CT molecular complexity index is 622. The number of carbonyl (C=O) groups is 1. The van der Waals surface area contributed by atoms with Gasteiger partial charge < -0.3 is 15.2 Å². The fraction of sp³-hybridized carbons (Fsp3) is 0.400. The summed E-state index contributed by atoms with van der Waals surface area (Å²) in [6.45, 7) is 2.38. The van der Waals surface area contributed by atoms with Crippen LogP contribution in [0, 0.1) is 0 Å². The molecule has 7 heteroatoms. The number of carbonyl (C=O) groups excluding carboxylic acids is 1. The van der Waals surface area contributed by atoms with Gasteiger partial charge in [-0.15, -0.1) is 0 Å². The number of amides is 1. The Hall–Kier alpha value is -2.25. The van der Waals surface area contributed by atoms with Crippen LogP contribution in [0.3, 0.4) is 0 Å². The SMILES string of the molecule is COCCc1nc(-c2ccc(NC(C)=O)cc2)n(CCO)n1. The second-order valence-corrected chi connectivity index (χ2v) is 4.80. The van der Waals surface area contributed by atoms with Gasteiger partial charge in [-0.05, 0) is 24.3 Å². The Morgan fingerprint density at radius 2 is 2.09 bits per heavy atom. The maximum atomic E-state index is 11.0. The van der Waals surface area contributed by atoms with Gasteiger partial charge in [0.2, 0.25) is 5.91 Å². The van der Waals surface area contributed by atoms with Crippen LogP contribution >= 0.6 is 0 Å². The van der Waals surface area contributed by atoms with E-state index in [0.29, 0.717) is 31.2 Å². The van der Waals surface area contributed by atoms with E-state index in [1.165, 1.54) is 6.92 Å². The van der Waals surface area contributed by atoms with Crippen molar-refractivity contribution < 1.29 is 14.6 Å². The first-order chi connectivity index (χ1) is 10.6. The van der Waals surface area contributed by atoms with Crippen molar-refractivity contribution in [3.8, 4) is 11.4 Å². The molecule has 0 aliphatic rings. The number of benzene rings is 1. The van der Waals surface area contributed by atoms with E-state index in [2.05, 4.69) is 15.4 Å². The minimum absolute atomic E-state index is 0.00987. The average molecular weight is 304 g/mol. The number of rotatable bonds is 7. The standard InChI is InChI=1S/C15H20N4O3/c1-11(21)16-13-5-3-12(4-6-13)15-17-14(7-10-22-2)18-19(15)8-9-20/h3-6,20H,7-10H2,1-2H3,(H,16,21). The van der Waals surface area contributed by atoms with Crippen molar-refractivity contribution in [3.63, 3.8) is 0 Å². The van der Waals surface area contributed by atoms with Crippen LogP contribution in [0.15, 0.2) is 24.3 Å². The maximum absolute atomic E-state index is 11.0. The Morgan fingerprint density at radius 1 is 1.36 bits per heavy atom. The lowest BCUT2D eigenvalue weighted by molar-refractivity contribution is -0.114. The zero-order valence-electron chi connectivity index (χ0n) is 12.7. The molecule has 2 aromatic rings. The molecule has 1 aromatic carbocycles. The van der Waals surface area contributed by atoms with E-state index in [1.54, 1.807) is 11.8 Å². The van der Waals surface area contributed by atoms with Crippen molar-refractivity contribution in [2.75, 3.05) is 25.6 Å². The molecule has 2 N–H and O–H groups in total. The fourth-order valence-electron chi connectivity index (χ4n) is 2.06. The lowest BCUT2D eigenvalue weighted by Gasteiger charge is -2.06. The minimum Gasteiger partial charge on any atom is -0.394 e. The summed E-state index contributed by atoms with van der Waals surface area (Å²) < 4.78 is 6.71. The number of ether oxygens (including phenoxy) is 1. The highest BCUT2D eigenvalue weighted by Gasteiger charge is 2.11. The number of nitrogens with zero attached hydrogens (tertiary/aromatic N) is 3. The van der Waals surface area contributed by atoms with E-state index in [0.717, 1.165) is 11.3 Å². The highest BCUT2D eigenvalue weighted by Crippen LogP contribution is 2.20. The molecule has 0 atom stereocenters. The monoisotopic (exact) mass is 304 g/mol. The van der Waals surface area contributed by atoms with Crippen molar-refractivity contribution in [2.24, 2.45) is 0 Å². The first kappa shape index (κ1) is 16.1. The molecule has 0 spiro atoms. The normalized spacial score (nSPS) is 10.7. The number of anilines is 1. The van der Waals surface area contributed by atoms with Crippen LogP contribution < -0.4 is 5.32 Å². The third-order valence-corrected chi connectivity index (χ3v) is 3.02. The summed E-state index contributed by atoms with van der Waals surface area (Å²) in [5, 5.41) is 16.3. The predicted octanol–water partition coefficient (Wildman–Crippen LogP) is 1.08. The summed E-state index contributed by atoms with van der Waals surface area (Å²) in [6.07, 6.45) is 0.617. The molecule has 0 aliphatic carbocycles. The predicted molar refractivity (Wildman–Crippen MR) is 82.4 cm³/mol. The van der Waals surface area contributed by atoms with Crippen LogP contribution in [-0.2, 0) is 22.5 Å². The molecule has 0 unspecified atom stereocenters. The van der Waals surface area contributed by atoms with Gasteiger partial charge in [-0.3, -0.25) is 4.79 Å². The van der Waals surface area contributed by atoms with Crippen LogP contribution in [0.5, 0.6) is 0 Å². The Labute approximate surface area is 128 Å². The molecule has 7 nitrogen and oxygen atoms in total. The van der Waals surface area contributed by atoms with Crippen molar-refractivity contribution in [1.29, 1.82) is 0 Å². The number of aliphatic hydroxyl groups excluding tert-OH is 1. The fourth-order valence-corrected chi connectivity index (χ4v) is 2.06.